The Labute approximate surface area is 80.6 Å². The highest BCUT2D eigenvalue weighted by Crippen LogP contribution is 2.14. The molecule has 0 bridgehead atoms. The number of aromatic hydroxyl groups is 1. The quantitative estimate of drug-likeness (QED) is 0.731. The summed E-state index contributed by atoms with van der Waals surface area (Å²) in [6.45, 7) is 0. The van der Waals surface area contributed by atoms with Gasteiger partial charge in [0.25, 0.3) is 0 Å². The van der Waals surface area contributed by atoms with Crippen molar-refractivity contribution in [3.8, 4) is 17.5 Å². The van der Waals surface area contributed by atoms with Crippen molar-refractivity contribution >= 4 is 0 Å². The number of phenols is 1. The largest absolute Gasteiger partial charge is 0.508 e. The predicted molar refractivity (Wildman–Crippen MR) is 49.9 cm³/mol. The van der Waals surface area contributed by atoms with Crippen molar-refractivity contribution in [1.29, 1.82) is 5.26 Å². The number of hydrogen-bond acceptors (Lipinski definition) is 3. The Morgan fingerprint density at radius 1 is 1.43 bits per heavy atom. The Bertz CT molecular complexity index is 496. The van der Waals surface area contributed by atoms with Gasteiger partial charge in [-0.2, -0.15) is 10.4 Å². The first-order chi connectivity index (χ1) is 6.79. The summed E-state index contributed by atoms with van der Waals surface area (Å²) in [5, 5.41) is 21.8. The molecule has 4 nitrogen and oxygen atoms in total. The van der Waals surface area contributed by atoms with Crippen molar-refractivity contribution in [1.82, 2.24) is 9.78 Å². The molecular weight excluding hydrogens is 178 g/mol. The van der Waals surface area contributed by atoms with Crippen LogP contribution in [-0.2, 0) is 0 Å². The van der Waals surface area contributed by atoms with Crippen molar-refractivity contribution in [3.63, 3.8) is 0 Å². The minimum Gasteiger partial charge on any atom is -0.508 e. The second kappa shape index (κ2) is 3.23. The summed E-state index contributed by atoms with van der Waals surface area (Å²) in [7, 11) is 0. The topological polar surface area (TPSA) is 61.8 Å². The number of rotatable bonds is 1. The van der Waals surface area contributed by atoms with E-state index < -0.39 is 0 Å². The zero-order chi connectivity index (χ0) is 9.97. The number of hydrogen-bond donors (Lipinski definition) is 1. The smallest absolute Gasteiger partial charge is 0.117 e. The molecule has 0 saturated heterocycles. The van der Waals surface area contributed by atoms with E-state index in [4.69, 9.17) is 5.26 Å². The van der Waals surface area contributed by atoms with Crippen LogP contribution in [0.4, 0.5) is 0 Å². The van der Waals surface area contributed by atoms with Gasteiger partial charge in [-0.25, -0.2) is 4.68 Å². The molecule has 0 spiro atoms. The lowest BCUT2D eigenvalue weighted by molar-refractivity contribution is 0.475. The SMILES string of the molecule is N#Cc1cnn(-c2cccc(O)c2)c1. The van der Waals surface area contributed by atoms with E-state index >= 15 is 0 Å². The van der Waals surface area contributed by atoms with Gasteiger partial charge in [-0.15, -0.1) is 0 Å². The molecule has 0 fully saturated rings. The summed E-state index contributed by atoms with van der Waals surface area (Å²) in [5.74, 6) is 0.177. The molecule has 4 heteroatoms. The number of aromatic nitrogens is 2. The third-order valence-electron chi connectivity index (χ3n) is 1.81. The van der Waals surface area contributed by atoms with Gasteiger partial charge in [-0.1, -0.05) is 6.07 Å². The molecule has 2 aromatic rings. The predicted octanol–water partition coefficient (Wildman–Crippen LogP) is 1.45. The fraction of sp³-hybridized carbons (Fsp3) is 0. The van der Waals surface area contributed by atoms with Gasteiger partial charge in [-0.3, -0.25) is 0 Å². The molecule has 68 valence electrons. The van der Waals surface area contributed by atoms with Gasteiger partial charge in [0.1, 0.15) is 11.8 Å². The van der Waals surface area contributed by atoms with Crippen molar-refractivity contribution in [2.24, 2.45) is 0 Å². The highest BCUT2D eigenvalue weighted by Gasteiger charge is 2.00. The fourth-order valence-corrected chi connectivity index (χ4v) is 1.16. The van der Waals surface area contributed by atoms with Gasteiger partial charge in [0.2, 0.25) is 0 Å². The van der Waals surface area contributed by atoms with Crippen LogP contribution < -0.4 is 0 Å². The average Bonchev–Trinajstić information content (AvgIpc) is 2.66. The summed E-state index contributed by atoms with van der Waals surface area (Å²) < 4.78 is 1.54. The Kier molecular flexibility index (Phi) is 1.92. The van der Waals surface area contributed by atoms with Crippen LogP contribution in [0.1, 0.15) is 5.56 Å². The van der Waals surface area contributed by atoms with Crippen molar-refractivity contribution in [3.05, 3.63) is 42.2 Å². The number of benzene rings is 1. The van der Waals surface area contributed by atoms with Gasteiger partial charge < -0.3 is 5.11 Å². The van der Waals surface area contributed by atoms with E-state index in [-0.39, 0.29) is 5.75 Å². The minimum atomic E-state index is 0.177. The Balaban J connectivity index is 2.45. The lowest BCUT2D eigenvalue weighted by atomic mass is 10.3. The van der Waals surface area contributed by atoms with Gasteiger partial charge >= 0.3 is 0 Å². The van der Waals surface area contributed by atoms with Crippen molar-refractivity contribution < 1.29 is 5.11 Å². The van der Waals surface area contributed by atoms with Crippen LogP contribution in [0.25, 0.3) is 5.69 Å². The summed E-state index contributed by atoms with van der Waals surface area (Å²) in [6.07, 6.45) is 3.08. The third-order valence-corrected chi connectivity index (χ3v) is 1.81. The normalized spacial score (nSPS) is 9.64. The van der Waals surface area contributed by atoms with Crippen LogP contribution in [0, 0.1) is 11.3 Å². The molecule has 1 heterocycles. The number of nitrogens with zero attached hydrogens (tertiary/aromatic N) is 3. The summed E-state index contributed by atoms with van der Waals surface area (Å²) in [5.41, 5.74) is 1.22. The average molecular weight is 185 g/mol. The highest BCUT2D eigenvalue weighted by molar-refractivity contribution is 5.39. The van der Waals surface area contributed by atoms with E-state index in [9.17, 15) is 5.11 Å². The summed E-state index contributed by atoms with van der Waals surface area (Å²) >= 11 is 0. The second-order valence-corrected chi connectivity index (χ2v) is 2.81. The molecule has 0 amide bonds. The molecule has 0 aliphatic carbocycles. The molecule has 0 radical (unpaired) electrons. The van der Waals surface area contributed by atoms with Crippen LogP contribution in [0.15, 0.2) is 36.7 Å². The Hall–Kier alpha value is -2.28. The van der Waals surface area contributed by atoms with E-state index in [2.05, 4.69) is 5.10 Å². The van der Waals surface area contributed by atoms with E-state index in [0.717, 1.165) is 5.69 Å². The van der Waals surface area contributed by atoms with Crippen molar-refractivity contribution in [2.75, 3.05) is 0 Å². The lowest BCUT2D eigenvalue weighted by Gasteiger charge is -2.00. The van der Waals surface area contributed by atoms with Crippen LogP contribution in [0.2, 0.25) is 0 Å². The standard InChI is InChI=1S/C10H7N3O/c11-5-8-6-12-13(7-8)9-2-1-3-10(14)4-9/h1-4,6-7,14H. The van der Waals surface area contributed by atoms with E-state index in [1.54, 1.807) is 30.5 Å². The van der Waals surface area contributed by atoms with E-state index in [1.807, 2.05) is 6.07 Å². The monoisotopic (exact) mass is 185 g/mol. The molecule has 1 N–H and O–H groups in total. The number of phenolic OH excluding ortho intramolecular Hbond substituents is 1. The second-order valence-electron chi connectivity index (χ2n) is 2.81. The van der Waals surface area contributed by atoms with Crippen molar-refractivity contribution in [2.45, 2.75) is 0 Å². The first-order valence-corrected chi connectivity index (χ1v) is 4.04. The molecule has 0 atom stereocenters. The van der Waals surface area contributed by atoms with Gasteiger partial charge in [0, 0.05) is 12.3 Å². The zero-order valence-electron chi connectivity index (χ0n) is 7.25. The Morgan fingerprint density at radius 3 is 2.93 bits per heavy atom. The molecule has 1 aromatic heterocycles. The fourth-order valence-electron chi connectivity index (χ4n) is 1.16. The lowest BCUT2D eigenvalue weighted by Crippen LogP contribution is -1.92. The molecule has 14 heavy (non-hydrogen) atoms. The van der Waals surface area contributed by atoms with Crippen LogP contribution in [0.3, 0.4) is 0 Å². The summed E-state index contributed by atoms with van der Waals surface area (Å²) in [6, 6.07) is 8.67. The minimum absolute atomic E-state index is 0.177. The molecule has 0 saturated carbocycles. The zero-order valence-corrected chi connectivity index (χ0v) is 7.25. The first kappa shape index (κ1) is 8.32. The molecular formula is C10H7N3O. The molecule has 0 aliphatic rings. The first-order valence-electron chi connectivity index (χ1n) is 4.04. The molecule has 0 aliphatic heterocycles. The van der Waals surface area contributed by atoms with Gasteiger partial charge in [0.15, 0.2) is 0 Å². The molecule has 0 unspecified atom stereocenters. The summed E-state index contributed by atoms with van der Waals surface area (Å²) in [4.78, 5) is 0. The van der Waals surface area contributed by atoms with Gasteiger partial charge in [-0.05, 0) is 12.1 Å². The van der Waals surface area contributed by atoms with E-state index in [1.165, 1.54) is 10.9 Å². The van der Waals surface area contributed by atoms with Crippen LogP contribution in [-0.4, -0.2) is 14.9 Å². The Morgan fingerprint density at radius 2 is 2.29 bits per heavy atom. The third kappa shape index (κ3) is 1.43. The highest BCUT2D eigenvalue weighted by atomic mass is 16.3. The van der Waals surface area contributed by atoms with Crippen LogP contribution >= 0.6 is 0 Å². The number of nitriles is 1. The molecule has 1 aromatic carbocycles. The van der Waals surface area contributed by atoms with E-state index in [0.29, 0.717) is 5.56 Å². The van der Waals surface area contributed by atoms with Crippen LogP contribution in [0.5, 0.6) is 5.75 Å². The van der Waals surface area contributed by atoms with Gasteiger partial charge in [0.05, 0.1) is 17.4 Å². The maximum atomic E-state index is 9.23. The maximum Gasteiger partial charge on any atom is 0.117 e. The molecule has 2 rings (SSSR count). The maximum absolute atomic E-state index is 9.23.